The van der Waals surface area contributed by atoms with Gasteiger partial charge < -0.3 is 10.6 Å². The van der Waals surface area contributed by atoms with Crippen LogP contribution in [-0.4, -0.2) is 39.7 Å². The summed E-state index contributed by atoms with van der Waals surface area (Å²) in [5.74, 6) is -0.635. The monoisotopic (exact) mass is 459 g/mol. The zero-order valence-corrected chi connectivity index (χ0v) is 18.9. The molecular weight excluding hydrogens is 437 g/mol. The molecule has 1 atom stereocenters. The summed E-state index contributed by atoms with van der Waals surface area (Å²) in [4.78, 5) is 16.6. The molecular formula is C25H22FN5OS. The molecule has 1 fully saturated rings. The molecule has 0 saturated carbocycles. The fraction of sp³-hybridized carbons (Fsp3) is 0.240. The van der Waals surface area contributed by atoms with Crippen LogP contribution in [-0.2, 0) is 7.05 Å². The zero-order valence-electron chi connectivity index (χ0n) is 18.1. The SMILES string of the molecule is Cn1cc2cc(-c3sc(C(=O)N4CCCC(N)C4)cc3-c3ccc(C#N)c(F)c3)ccc2n1. The van der Waals surface area contributed by atoms with E-state index in [1.165, 1.54) is 23.5 Å². The number of nitrogens with two attached hydrogens (primary N) is 1. The Labute approximate surface area is 194 Å². The van der Waals surface area contributed by atoms with E-state index in [2.05, 4.69) is 5.10 Å². The first-order valence-corrected chi connectivity index (χ1v) is 11.6. The highest BCUT2D eigenvalue weighted by Crippen LogP contribution is 2.41. The van der Waals surface area contributed by atoms with Crippen LogP contribution >= 0.6 is 11.3 Å². The molecule has 1 unspecified atom stereocenters. The summed E-state index contributed by atoms with van der Waals surface area (Å²) in [5, 5.41) is 14.5. The van der Waals surface area contributed by atoms with Crippen molar-refractivity contribution < 1.29 is 9.18 Å². The molecule has 5 rings (SSSR count). The minimum atomic E-state index is -0.579. The number of nitrogens with zero attached hydrogens (tertiary/aromatic N) is 4. The van der Waals surface area contributed by atoms with Gasteiger partial charge in [0.2, 0.25) is 0 Å². The number of benzene rings is 2. The summed E-state index contributed by atoms with van der Waals surface area (Å²) >= 11 is 1.39. The van der Waals surface area contributed by atoms with Crippen LogP contribution in [0.1, 0.15) is 28.1 Å². The number of fused-ring (bicyclic) bond motifs is 1. The summed E-state index contributed by atoms with van der Waals surface area (Å²) in [6.45, 7) is 1.22. The molecule has 1 amide bonds. The van der Waals surface area contributed by atoms with Crippen LogP contribution in [0.25, 0.3) is 32.5 Å². The third-order valence-corrected chi connectivity index (χ3v) is 7.14. The summed E-state index contributed by atoms with van der Waals surface area (Å²) in [7, 11) is 1.87. The topological polar surface area (TPSA) is 87.9 Å². The molecule has 6 nitrogen and oxygen atoms in total. The van der Waals surface area contributed by atoms with Gasteiger partial charge in [-0.25, -0.2) is 4.39 Å². The van der Waals surface area contributed by atoms with Gasteiger partial charge in [-0.05, 0) is 54.3 Å². The van der Waals surface area contributed by atoms with E-state index in [0.29, 0.717) is 23.5 Å². The Balaban J connectivity index is 1.63. The maximum atomic E-state index is 14.5. The van der Waals surface area contributed by atoms with Gasteiger partial charge >= 0.3 is 0 Å². The van der Waals surface area contributed by atoms with Crippen molar-refractivity contribution in [1.29, 1.82) is 5.26 Å². The third-order valence-electron chi connectivity index (χ3n) is 5.97. The molecule has 33 heavy (non-hydrogen) atoms. The highest BCUT2D eigenvalue weighted by Gasteiger charge is 2.26. The first-order chi connectivity index (χ1) is 15.9. The van der Waals surface area contributed by atoms with E-state index in [4.69, 9.17) is 11.0 Å². The number of likely N-dealkylation sites (tertiary alicyclic amines) is 1. The molecule has 3 heterocycles. The maximum absolute atomic E-state index is 14.5. The lowest BCUT2D eigenvalue weighted by atomic mass is 10.00. The molecule has 2 aromatic carbocycles. The van der Waals surface area contributed by atoms with Gasteiger partial charge in [0.25, 0.3) is 5.91 Å². The van der Waals surface area contributed by atoms with Gasteiger partial charge in [0.15, 0.2) is 0 Å². The second-order valence-electron chi connectivity index (χ2n) is 8.39. The standard InChI is InChI=1S/C25H22FN5OS/c1-30-13-18-9-16(6-7-22(18)29-30)24-20(15-4-5-17(12-27)21(26)10-15)11-23(33-24)25(32)31-8-2-3-19(28)14-31/h4-7,9-11,13,19H,2-3,8,14,28H2,1H3. The van der Waals surface area contributed by atoms with E-state index in [9.17, 15) is 9.18 Å². The van der Waals surface area contributed by atoms with Gasteiger partial charge in [0.05, 0.1) is 16.0 Å². The molecule has 2 N–H and O–H groups in total. The molecule has 4 aromatic rings. The van der Waals surface area contributed by atoms with E-state index in [0.717, 1.165) is 39.7 Å². The Bertz CT molecular complexity index is 1420. The molecule has 1 aliphatic heterocycles. The smallest absolute Gasteiger partial charge is 0.264 e. The number of rotatable bonds is 3. The fourth-order valence-corrected chi connectivity index (χ4v) is 5.48. The van der Waals surface area contributed by atoms with Crippen molar-refractivity contribution >= 4 is 28.1 Å². The predicted octanol–water partition coefficient (Wildman–Crippen LogP) is 4.54. The number of thiophene rings is 1. The molecule has 2 aromatic heterocycles. The Morgan fingerprint density at radius 3 is 2.82 bits per heavy atom. The number of carbonyl (C=O) groups excluding carboxylic acids is 1. The quantitative estimate of drug-likeness (QED) is 0.487. The number of carbonyl (C=O) groups is 1. The highest BCUT2D eigenvalue weighted by molar-refractivity contribution is 7.18. The number of hydrogen-bond donors (Lipinski definition) is 1. The molecule has 1 aliphatic rings. The Morgan fingerprint density at radius 2 is 2.06 bits per heavy atom. The van der Waals surface area contributed by atoms with Crippen LogP contribution in [0.2, 0.25) is 0 Å². The average Bonchev–Trinajstić information content (AvgIpc) is 3.41. The van der Waals surface area contributed by atoms with Gasteiger partial charge in [-0.1, -0.05) is 12.1 Å². The lowest BCUT2D eigenvalue weighted by Crippen LogP contribution is -2.45. The van der Waals surface area contributed by atoms with Crippen molar-refractivity contribution in [3.63, 3.8) is 0 Å². The Hall–Kier alpha value is -3.54. The normalized spacial score (nSPS) is 16.2. The maximum Gasteiger partial charge on any atom is 0.264 e. The van der Waals surface area contributed by atoms with Crippen molar-refractivity contribution in [2.24, 2.45) is 12.8 Å². The number of aryl methyl sites for hydroxylation is 1. The second-order valence-corrected chi connectivity index (χ2v) is 9.44. The molecule has 0 radical (unpaired) electrons. The van der Waals surface area contributed by atoms with E-state index >= 15 is 0 Å². The lowest BCUT2D eigenvalue weighted by molar-refractivity contribution is 0.0714. The number of aromatic nitrogens is 2. The lowest BCUT2D eigenvalue weighted by Gasteiger charge is -2.30. The number of halogens is 1. The van der Waals surface area contributed by atoms with Crippen LogP contribution in [0.4, 0.5) is 4.39 Å². The summed E-state index contributed by atoms with van der Waals surface area (Å²) in [5.41, 5.74) is 9.27. The van der Waals surface area contributed by atoms with E-state index in [-0.39, 0.29) is 17.5 Å². The minimum absolute atomic E-state index is 0.00841. The molecule has 0 spiro atoms. The van der Waals surface area contributed by atoms with Gasteiger partial charge in [-0.2, -0.15) is 10.4 Å². The zero-order chi connectivity index (χ0) is 23.1. The molecule has 1 saturated heterocycles. The van der Waals surface area contributed by atoms with Crippen LogP contribution in [0.15, 0.2) is 48.7 Å². The summed E-state index contributed by atoms with van der Waals surface area (Å²) in [6, 6.07) is 14.2. The van der Waals surface area contributed by atoms with Crippen LogP contribution in [0.3, 0.4) is 0 Å². The number of piperidine rings is 1. The number of hydrogen-bond acceptors (Lipinski definition) is 5. The van der Waals surface area contributed by atoms with Crippen molar-refractivity contribution in [3.05, 3.63) is 64.9 Å². The van der Waals surface area contributed by atoms with Gasteiger partial charge in [0.1, 0.15) is 11.9 Å². The van der Waals surface area contributed by atoms with Crippen LogP contribution in [0, 0.1) is 17.1 Å². The molecule has 8 heteroatoms. The van der Waals surface area contributed by atoms with Crippen LogP contribution in [0.5, 0.6) is 0 Å². The number of amides is 1. The molecule has 0 bridgehead atoms. The second kappa shape index (κ2) is 8.43. The summed E-state index contributed by atoms with van der Waals surface area (Å²) < 4.78 is 16.2. The van der Waals surface area contributed by atoms with E-state index in [1.54, 1.807) is 15.6 Å². The van der Waals surface area contributed by atoms with Crippen molar-refractivity contribution in [2.75, 3.05) is 13.1 Å². The van der Waals surface area contributed by atoms with Gasteiger partial charge in [-0.15, -0.1) is 11.3 Å². The fourth-order valence-electron chi connectivity index (χ4n) is 4.34. The van der Waals surface area contributed by atoms with Gasteiger partial charge in [0, 0.05) is 48.2 Å². The Kier molecular flexibility index (Phi) is 5.44. The van der Waals surface area contributed by atoms with Crippen LogP contribution < -0.4 is 5.73 Å². The predicted molar refractivity (Wildman–Crippen MR) is 127 cm³/mol. The highest BCUT2D eigenvalue weighted by atomic mass is 32.1. The molecule has 166 valence electrons. The first kappa shape index (κ1) is 21.3. The van der Waals surface area contributed by atoms with E-state index in [1.807, 2.05) is 43.6 Å². The van der Waals surface area contributed by atoms with Gasteiger partial charge in [-0.3, -0.25) is 9.48 Å². The minimum Gasteiger partial charge on any atom is -0.336 e. The third kappa shape index (κ3) is 4.01. The van der Waals surface area contributed by atoms with Crippen molar-refractivity contribution in [3.8, 4) is 27.6 Å². The average molecular weight is 460 g/mol. The summed E-state index contributed by atoms with van der Waals surface area (Å²) in [6.07, 6.45) is 3.74. The Morgan fingerprint density at radius 1 is 1.24 bits per heavy atom. The van der Waals surface area contributed by atoms with Crippen molar-refractivity contribution in [1.82, 2.24) is 14.7 Å². The van der Waals surface area contributed by atoms with Crippen molar-refractivity contribution in [2.45, 2.75) is 18.9 Å². The first-order valence-electron chi connectivity index (χ1n) is 10.8. The van der Waals surface area contributed by atoms with E-state index < -0.39 is 5.82 Å². The number of nitriles is 1. The largest absolute Gasteiger partial charge is 0.336 e. The molecule has 0 aliphatic carbocycles.